The van der Waals surface area contributed by atoms with Crippen LogP contribution >= 0.6 is 11.6 Å². The van der Waals surface area contributed by atoms with Gasteiger partial charge < -0.3 is 10.2 Å². The first kappa shape index (κ1) is 15.3. The van der Waals surface area contributed by atoms with Crippen LogP contribution in [0, 0.1) is 0 Å². The maximum absolute atomic E-state index is 12.2. The van der Waals surface area contributed by atoms with E-state index in [1.807, 2.05) is 24.3 Å². The van der Waals surface area contributed by atoms with E-state index in [2.05, 4.69) is 29.2 Å². The van der Waals surface area contributed by atoms with E-state index < -0.39 is 0 Å². The van der Waals surface area contributed by atoms with Crippen LogP contribution in [0.3, 0.4) is 0 Å². The van der Waals surface area contributed by atoms with Gasteiger partial charge in [-0.05, 0) is 31.8 Å². The fourth-order valence-electron chi connectivity index (χ4n) is 2.43. The minimum Gasteiger partial charge on any atom is -0.350 e. The summed E-state index contributed by atoms with van der Waals surface area (Å²) in [5, 5.41) is 3.02. The summed E-state index contributed by atoms with van der Waals surface area (Å²) in [5.74, 6) is 0.399. The molecule has 110 valence electrons. The van der Waals surface area contributed by atoms with Gasteiger partial charge >= 0.3 is 0 Å². The van der Waals surface area contributed by atoms with Crippen molar-refractivity contribution in [3.05, 3.63) is 35.4 Å². The molecule has 0 aromatic heterocycles. The summed E-state index contributed by atoms with van der Waals surface area (Å²) in [6.45, 7) is 3.78. The third-order valence-electron chi connectivity index (χ3n) is 3.82. The van der Waals surface area contributed by atoms with Crippen LogP contribution in [0.2, 0.25) is 0 Å². The molecule has 4 nitrogen and oxygen atoms in total. The molecule has 1 aliphatic rings. The summed E-state index contributed by atoms with van der Waals surface area (Å²) < 4.78 is 0. The third kappa shape index (κ3) is 3.95. The Kier molecular flexibility index (Phi) is 5.40. The summed E-state index contributed by atoms with van der Waals surface area (Å²) >= 11 is 5.79. The topological polar surface area (TPSA) is 35.6 Å². The van der Waals surface area contributed by atoms with E-state index in [4.69, 9.17) is 11.6 Å². The Bertz CT molecular complexity index is 466. The lowest BCUT2D eigenvalue weighted by Crippen LogP contribution is -2.54. The standard InChI is InChI=1S/C15H22ClN3O/c1-18-6-7-19(2)14(11-18)10-17-15(20)13-5-3-4-12(8-13)9-16/h3-5,8,14H,6-7,9-11H2,1-2H3,(H,17,20). The molecule has 1 saturated heterocycles. The first-order valence-corrected chi connectivity index (χ1v) is 7.45. The molecule has 0 spiro atoms. The minimum atomic E-state index is -0.0291. The van der Waals surface area contributed by atoms with Crippen molar-refractivity contribution in [1.82, 2.24) is 15.1 Å². The molecule has 1 aromatic carbocycles. The second-order valence-electron chi connectivity index (χ2n) is 5.44. The van der Waals surface area contributed by atoms with Gasteiger partial charge in [-0.3, -0.25) is 9.69 Å². The number of carbonyl (C=O) groups is 1. The van der Waals surface area contributed by atoms with Gasteiger partial charge in [-0.15, -0.1) is 11.6 Å². The number of amides is 1. The normalized spacial score (nSPS) is 20.9. The van der Waals surface area contributed by atoms with Crippen molar-refractivity contribution in [3.63, 3.8) is 0 Å². The highest BCUT2D eigenvalue weighted by Crippen LogP contribution is 2.09. The van der Waals surface area contributed by atoms with Gasteiger partial charge in [0.1, 0.15) is 0 Å². The number of benzene rings is 1. The Balaban J connectivity index is 1.91. The number of hydrogen-bond donors (Lipinski definition) is 1. The molecule has 20 heavy (non-hydrogen) atoms. The fraction of sp³-hybridized carbons (Fsp3) is 0.533. The largest absolute Gasteiger partial charge is 0.350 e. The van der Waals surface area contributed by atoms with E-state index in [9.17, 15) is 4.79 Å². The van der Waals surface area contributed by atoms with Gasteiger partial charge in [0.2, 0.25) is 0 Å². The molecule has 0 saturated carbocycles. The first-order chi connectivity index (χ1) is 9.60. The van der Waals surface area contributed by atoms with Crippen LogP contribution in [-0.4, -0.2) is 62.0 Å². The number of piperazine rings is 1. The summed E-state index contributed by atoms with van der Waals surface area (Å²) in [5.41, 5.74) is 1.64. The van der Waals surface area contributed by atoms with Crippen LogP contribution in [0.1, 0.15) is 15.9 Å². The van der Waals surface area contributed by atoms with Crippen molar-refractivity contribution in [2.75, 3.05) is 40.3 Å². The molecule has 1 N–H and O–H groups in total. The molecule has 1 unspecified atom stereocenters. The zero-order chi connectivity index (χ0) is 14.5. The van der Waals surface area contributed by atoms with Crippen LogP contribution in [0.25, 0.3) is 0 Å². The Morgan fingerprint density at radius 3 is 2.95 bits per heavy atom. The smallest absolute Gasteiger partial charge is 0.251 e. The van der Waals surface area contributed by atoms with Gasteiger partial charge in [0.15, 0.2) is 0 Å². The van der Waals surface area contributed by atoms with E-state index in [0.717, 1.165) is 25.2 Å². The van der Waals surface area contributed by atoms with E-state index in [0.29, 0.717) is 24.0 Å². The molecule has 5 heteroatoms. The van der Waals surface area contributed by atoms with Gasteiger partial charge in [0.25, 0.3) is 5.91 Å². The van der Waals surface area contributed by atoms with E-state index in [1.165, 1.54) is 0 Å². The highest BCUT2D eigenvalue weighted by molar-refractivity contribution is 6.17. The average Bonchev–Trinajstić information content (AvgIpc) is 2.48. The number of halogens is 1. The zero-order valence-corrected chi connectivity index (χ0v) is 12.9. The molecule has 1 fully saturated rings. The lowest BCUT2D eigenvalue weighted by atomic mass is 10.1. The Labute approximate surface area is 125 Å². The number of rotatable bonds is 4. The van der Waals surface area contributed by atoms with Crippen LogP contribution < -0.4 is 5.32 Å². The summed E-state index contributed by atoms with van der Waals surface area (Å²) in [7, 11) is 4.23. The lowest BCUT2D eigenvalue weighted by Gasteiger charge is -2.37. The zero-order valence-electron chi connectivity index (χ0n) is 12.1. The predicted molar refractivity (Wildman–Crippen MR) is 82.2 cm³/mol. The SMILES string of the molecule is CN1CCN(C)C(CNC(=O)c2cccc(CCl)c2)C1. The van der Waals surface area contributed by atoms with Crippen LogP contribution in [0.15, 0.2) is 24.3 Å². The average molecular weight is 296 g/mol. The minimum absolute atomic E-state index is 0.0291. The molecule has 0 aliphatic carbocycles. The summed E-state index contributed by atoms with van der Waals surface area (Å²) in [6.07, 6.45) is 0. The second kappa shape index (κ2) is 7.07. The van der Waals surface area contributed by atoms with Crippen LogP contribution in [-0.2, 0) is 5.88 Å². The van der Waals surface area contributed by atoms with Crippen molar-refractivity contribution in [2.45, 2.75) is 11.9 Å². The van der Waals surface area contributed by atoms with Gasteiger partial charge in [0.05, 0.1) is 0 Å². The molecule has 1 aliphatic heterocycles. The summed E-state index contributed by atoms with van der Waals surface area (Å²) in [6, 6.07) is 7.83. The van der Waals surface area contributed by atoms with Gasteiger partial charge in [-0.2, -0.15) is 0 Å². The number of nitrogens with zero attached hydrogens (tertiary/aromatic N) is 2. The molecule has 1 heterocycles. The molecule has 1 amide bonds. The van der Waals surface area contributed by atoms with Gasteiger partial charge in [-0.1, -0.05) is 12.1 Å². The molecule has 2 rings (SSSR count). The number of hydrogen-bond acceptors (Lipinski definition) is 3. The Hall–Kier alpha value is -1.10. The van der Waals surface area contributed by atoms with Gasteiger partial charge in [0, 0.05) is 43.7 Å². The quantitative estimate of drug-likeness (QED) is 0.853. The van der Waals surface area contributed by atoms with Crippen molar-refractivity contribution >= 4 is 17.5 Å². The van der Waals surface area contributed by atoms with E-state index in [-0.39, 0.29) is 5.91 Å². The molecular weight excluding hydrogens is 274 g/mol. The van der Waals surface area contributed by atoms with Crippen LogP contribution in [0.4, 0.5) is 0 Å². The molecule has 0 radical (unpaired) electrons. The lowest BCUT2D eigenvalue weighted by molar-refractivity contribution is 0.0881. The Morgan fingerprint density at radius 2 is 2.20 bits per heavy atom. The van der Waals surface area contributed by atoms with Crippen molar-refractivity contribution in [3.8, 4) is 0 Å². The fourth-order valence-corrected chi connectivity index (χ4v) is 2.60. The van der Waals surface area contributed by atoms with E-state index in [1.54, 1.807) is 0 Å². The monoisotopic (exact) mass is 295 g/mol. The first-order valence-electron chi connectivity index (χ1n) is 6.92. The maximum atomic E-state index is 12.2. The molecule has 1 aromatic rings. The maximum Gasteiger partial charge on any atom is 0.251 e. The molecular formula is C15H22ClN3O. The Morgan fingerprint density at radius 1 is 1.40 bits per heavy atom. The van der Waals surface area contributed by atoms with E-state index >= 15 is 0 Å². The van der Waals surface area contributed by atoms with Crippen LogP contribution in [0.5, 0.6) is 0 Å². The van der Waals surface area contributed by atoms with Gasteiger partial charge in [-0.25, -0.2) is 0 Å². The highest BCUT2D eigenvalue weighted by atomic mass is 35.5. The predicted octanol–water partition coefficient (Wildman–Crippen LogP) is 1.40. The van der Waals surface area contributed by atoms with Crippen molar-refractivity contribution in [2.24, 2.45) is 0 Å². The highest BCUT2D eigenvalue weighted by Gasteiger charge is 2.22. The number of carbonyl (C=O) groups excluding carboxylic acids is 1. The third-order valence-corrected chi connectivity index (χ3v) is 4.13. The van der Waals surface area contributed by atoms with Crippen molar-refractivity contribution in [1.29, 1.82) is 0 Å². The second-order valence-corrected chi connectivity index (χ2v) is 5.71. The number of likely N-dealkylation sites (N-methyl/N-ethyl adjacent to an activating group) is 2. The number of nitrogens with one attached hydrogen (secondary N) is 1. The molecule has 0 bridgehead atoms. The summed E-state index contributed by atoms with van der Waals surface area (Å²) in [4.78, 5) is 16.8. The number of alkyl halides is 1. The molecule has 1 atom stereocenters. The van der Waals surface area contributed by atoms with Crippen molar-refractivity contribution < 1.29 is 4.79 Å².